The van der Waals surface area contributed by atoms with E-state index in [-0.39, 0.29) is 6.04 Å². The van der Waals surface area contributed by atoms with Gasteiger partial charge in [-0.15, -0.1) is 0 Å². The first kappa shape index (κ1) is 9.45. The van der Waals surface area contributed by atoms with Gasteiger partial charge in [-0.05, 0) is 25.1 Å². The maximum atomic E-state index is 12.3. The molecule has 1 aromatic heterocycles. The minimum absolute atomic E-state index is 0.00250. The summed E-state index contributed by atoms with van der Waals surface area (Å²) in [4.78, 5) is 3.91. The molecule has 14 heavy (non-hydrogen) atoms. The van der Waals surface area contributed by atoms with Crippen LogP contribution in [0.1, 0.15) is 23.7 Å². The summed E-state index contributed by atoms with van der Waals surface area (Å²) in [6, 6.07) is 2.09. The number of hydrogen-bond acceptors (Lipinski definition) is 2. The molecule has 1 fully saturated rings. The molecule has 0 aromatic carbocycles. The highest BCUT2D eigenvalue weighted by molar-refractivity contribution is 5.22. The van der Waals surface area contributed by atoms with Gasteiger partial charge in [0.15, 0.2) is 0 Å². The third-order valence-electron chi connectivity index (χ3n) is 2.29. The van der Waals surface area contributed by atoms with Gasteiger partial charge in [0.25, 0.3) is 0 Å². The van der Waals surface area contributed by atoms with Gasteiger partial charge in [-0.3, -0.25) is 4.98 Å². The molecule has 1 N–H and O–H groups in total. The summed E-state index contributed by atoms with van der Waals surface area (Å²) in [7, 11) is 0. The van der Waals surface area contributed by atoms with Crippen molar-refractivity contribution < 1.29 is 13.2 Å². The molecule has 2 heterocycles. The number of pyridine rings is 1. The monoisotopic (exact) mass is 202 g/mol. The predicted octanol–water partition coefficient (Wildman–Crippen LogP) is 2.13. The van der Waals surface area contributed by atoms with Crippen molar-refractivity contribution >= 4 is 0 Å². The van der Waals surface area contributed by atoms with Crippen LogP contribution in [0.15, 0.2) is 18.3 Å². The fourth-order valence-corrected chi connectivity index (χ4v) is 1.36. The Morgan fingerprint density at radius 2 is 2.14 bits per heavy atom. The van der Waals surface area contributed by atoms with Crippen LogP contribution in [0, 0.1) is 0 Å². The smallest absolute Gasteiger partial charge is 0.309 e. The van der Waals surface area contributed by atoms with E-state index >= 15 is 0 Å². The summed E-state index contributed by atoms with van der Waals surface area (Å²) in [5.41, 5.74) is -0.151. The Bertz CT molecular complexity index is 331. The van der Waals surface area contributed by atoms with E-state index in [1.54, 1.807) is 0 Å². The Hall–Kier alpha value is -1.10. The summed E-state index contributed by atoms with van der Waals surface area (Å²) in [6.45, 7) is 0.850. The number of nitrogens with one attached hydrogen (secondary N) is 1. The van der Waals surface area contributed by atoms with Crippen LogP contribution in [0.5, 0.6) is 0 Å². The molecule has 2 nitrogen and oxygen atoms in total. The number of alkyl halides is 3. The van der Waals surface area contributed by atoms with Crippen LogP contribution < -0.4 is 5.32 Å². The molecule has 5 heteroatoms. The van der Waals surface area contributed by atoms with Gasteiger partial charge >= 0.3 is 6.18 Å². The van der Waals surface area contributed by atoms with Crippen LogP contribution in [0.4, 0.5) is 13.2 Å². The second-order valence-corrected chi connectivity index (χ2v) is 3.26. The van der Waals surface area contributed by atoms with Gasteiger partial charge in [0.1, 0.15) is 0 Å². The number of rotatable bonds is 1. The molecule has 0 amide bonds. The number of halogens is 3. The molecule has 0 bridgehead atoms. The third-order valence-corrected chi connectivity index (χ3v) is 2.29. The quantitative estimate of drug-likeness (QED) is 0.754. The van der Waals surface area contributed by atoms with E-state index in [2.05, 4.69) is 10.3 Å². The minimum Gasteiger partial charge on any atom is -0.309 e. The lowest BCUT2D eigenvalue weighted by Crippen LogP contribution is -2.35. The normalized spacial score (nSPS) is 21.8. The first-order valence-corrected chi connectivity index (χ1v) is 4.34. The highest BCUT2D eigenvalue weighted by Gasteiger charge is 2.32. The maximum Gasteiger partial charge on any atom is 0.416 e. The van der Waals surface area contributed by atoms with E-state index in [9.17, 15) is 13.2 Å². The second kappa shape index (κ2) is 3.24. The Balaban J connectivity index is 2.26. The van der Waals surface area contributed by atoms with Gasteiger partial charge in [-0.2, -0.15) is 13.2 Å². The van der Waals surface area contributed by atoms with E-state index in [0.717, 1.165) is 25.1 Å². The van der Waals surface area contributed by atoms with Gasteiger partial charge in [-0.1, -0.05) is 0 Å². The molecule has 76 valence electrons. The average Bonchev–Trinajstić information content (AvgIpc) is 2.00. The van der Waals surface area contributed by atoms with Crippen molar-refractivity contribution in [2.75, 3.05) is 6.54 Å². The number of nitrogens with zero attached hydrogens (tertiary/aromatic N) is 1. The highest BCUT2D eigenvalue weighted by atomic mass is 19.4. The molecule has 0 unspecified atom stereocenters. The van der Waals surface area contributed by atoms with Crippen molar-refractivity contribution in [1.82, 2.24) is 10.3 Å². The average molecular weight is 202 g/mol. The van der Waals surface area contributed by atoms with Crippen molar-refractivity contribution in [3.05, 3.63) is 29.6 Å². The molecule has 1 aliphatic rings. The Labute approximate surface area is 79.2 Å². The van der Waals surface area contributed by atoms with Crippen LogP contribution >= 0.6 is 0 Å². The first-order valence-electron chi connectivity index (χ1n) is 4.34. The lowest BCUT2D eigenvalue weighted by molar-refractivity contribution is -0.137. The Morgan fingerprint density at radius 1 is 1.43 bits per heavy atom. The molecule has 0 radical (unpaired) electrons. The van der Waals surface area contributed by atoms with Crippen LogP contribution in [0.3, 0.4) is 0 Å². The van der Waals surface area contributed by atoms with Crippen LogP contribution in [0.2, 0.25) is 0 Å². The Kier molecular flexibility index (Phi) is 2.19. The topological polar surface area (TPSA) is 24.9 Å². The van der Waals surface area contributed by atoms with Crippen molar-refractivity contribution in [2.45, 2.75) is 18.6 Å². The first-order chi connectivity index (χ1) is 6.57. The van der Waals surface area contributed by atoms with Crippen LogP contribution in [0.25, 0.3) is 0 Å². The fraction of sp³-hybridized carbons (Fsp3) is 0.444. The molecule has 1 saturated heterocycles. The zero-order chi connectivity index (χ0) is 10.2. The molecule has 0 spiro atoms. The molecule has 1 aliphatic heterocycles. The summed E-state index contributed by atoms with van der Waals surface area (Å²) in [6.07, 6.45) is -2.21. The van der Waals surface area contributed by atoms with E-state index < -0.39 is 11.7 Å². The van der Waals surface area contributed by atoms with Gasteiger partial charge in [0.2, 0.25) is 0 Å². The molecule has 0 aliphatic carbocycles. The molecule has 1 aromatic rings. The highest BCUT2D eigenvalue weighted by Crippen LogP contribution is 2.31. The SMILES string of the molecule is FC(F)(F)c1ccnc([C@H]2CCN2)c1. The number of hydrogen-bond donors (Lipinski definition) is 1. The molecule has 2 rings (SSSR count). The van der Waals surface area contributed by atoms with Crippen molar-refractivity contribution in [2.24, 2.45) is 0 Å². The van der Waals surface area contributed by atoms with Gasteiger partial charge in [-0.25, -0.2) is 0 Å². The van der Waals surface area contributed by atoms with Crippen LogP contribution in [-0.4, -0.2) is 11.5 Å². The largest absolute Gasteiger partial charge is 0.416 e. The third kappa shape index (κ3) is 1.72. The lowest BCUT2D eigenvalue weighted by atomic mass is 10.0. The van der Waals surface area contributed by atoms with Crippen LogP contribution in [-0.2, 0) is 6.18 Å². The minimum atomic E-state index is -4.28. The molecular formula is C9H9F3N2. The van der Waals surface area contributed by atoms with Crippen molar-refractivity contribution in [3.8, 4) is 0 Å². The van der Waals surface area contributed by atoms with Gasteiger partial charge in [0.05, 0.1) is 17.3 Å². The fourth-order valence-electron chi connectivity index (χ4n) is 1.36. The lowest BCUT2D eigenvalue weighted by Gasteiger charge is -2.27. The number of aromatic nitrogens is 1. The summed E-state index contributed by atoms with van der Waals surface area (Å²) in [5, 5.41) is 3.01. The zero-order valence-corrected chi connectivity index (χ0v) is 7.30. The van der Waals surface area contributed by atoms with E-state index in [4.69, 9.17) is 0 Å². The van der Waals surface area contributed by atoms with E-state index in [1.165, 1.54) is 6.20 Å². The summed E-state index contributed by atoms with van der Waals surface area (Å²) < 4.78 is 36.9. The predicted molar refractivity (Wildman–Crippen MR) is 44.6 cm³/mol. The second-order valence-electron chi connectivity index (χ2n) is 3.26. The van der Waals surface area contributed by atoms with Crippen molar-refractivity contribution in [1.29, 1.82) is 0 Å². The maximum absolute atomic E-state index is 12.3. The molecular weight excluding hydrogens is 193 g/mol. The summed E-state index contributed by atoms with van der Waals surface area (Å²) >= 11 is 0. The van der Waals surface area contributed by atoms with E-state index in [0.29, 0.717) is 5.69 Å². The van der Waals surface area contributed by atoms with Crippen molar-refractivity contribution in [3.63, 3.8) is 0 Å². The van der Waals surface area contributed by atoms with Gasteiger partial charge in [0, 0.05) is 6.20 Å². The van der Waals surface area contributed by atoms with E-state index in [1.807, 2.05) is 0 Å². The standard InChI is InChI=1S/C9H9F3N2/c10-9(11,12)6-1-3-14-8(5-6)7-2-4-13-7/h1,3,5,7,13H,2,4H2/t7-/m1/s1. The molecule has 1 atom stereocenters. The zero-order valence-electron chi connectivity index (χ0n) is 7.30. The van der Waals surface area contributed by atoms with Gasteiger partial charge < -0.3 is 5.32 Å². The summed E-state index contributed by atoms with van der Waals surface area (Å²) in [5.74, 6) is 0. The Morgan fingerprint density at radius 3 is 2.64 bits per heavy atom. The molecule has 0 saturated carbocycles.